The van der Waals surface area contributed by atoms with E-state index < -0.39 is 5.97 Å². The number of rotatable bonds is 6. The first kappa shape index (κ1) is 20.3. The minimum absolute atomic E-state index is 0.168. The molecule has 29 heavy (non-hydrogen) atoms. The molecule has 0 heterocycles. The van der Waals surface area contributed by atoms with E-state index in [0.717, 1.165) is 28.8 Å². The van der Waals surface area contributed by atoms with Crippen molar-refractivity contribution in [2.75, 3.05) is 19.4 Å². The number of carbonyl (C=O) groups excluding carboxylic acids is 1. The summed E-state index contributed by atoms with van der Waals surface area (Å²) in [4.78, 5) is 25.8. The van der Waals surface area contributed by atoms with Gasteiger partial charge in [-0.05, 0) is 79.7 Å². The number of hydrogen-bond acceptors (Lipinski definition) is 3. The van der Waals surface area contributed by atoms with E-state index in [9.17, 15) is 14.7 Å². The highest BCUT2D eigenvalue weighted by Gasteiger charge is 2.10. The molecule has 5 nitrogen and oxygen atoms in total. The average Bonchev–Trinajstić information content (AvgIpc) is 2.69. The van der Waals surface area contributed by atoms with Gasteiger partial charge in [0, 0.05) is 17.8 Å². The maximum atomic E-state index is 12.5. The zero-order valence-corrected chi connectivity index (χ0v) is 16.8. The topological polar surface area (TPSA) is 69.6 Å². The van der Waals surface area contributed by atoms with Gasteiger partial charge in [-0.25, -0.2) is 4.79 Å². The number of hydrogen-bond donors (Lipinski definition) is 2. The molecule has 5 heteroatoms. The lowest BCUT2D eigenvalue weighted by Crippen LogP contribution is -2.13. The molecular formula is C24H24N2O3. The second-order valence-electron chi connectivity index (χ2n) is 7.30. The van der Waals surface area contributed by atoms with E-state index in [1.165, 1.54) is 0 Å². The lowest BCUT2D eigenvalue weighted by atomic mass is 9.98. The predicted molar refractivity (Wildman–Crippen MR) is 115 cm³/mol. The van der Waals surface area contributed by atoms with Gasteiger partial charge >= 0.3 is 5.97 Å². The Bertz CT molecular complexity index is 1020. The van der Waals surface area contributed by atoms with Gasteiger partial charge in [-0.15, -0.1) is 0 Å². The second kappa shape index (κ2) is 8.71. The quantitative estimate of drug-likeness (QED) is 0.644. The molecule has 0 atom stereocenters. The van der Waals surface area contributed by atoms with E-state index in [1.54, 1.807) is 18.2 Å². The average molecular weight is 388 g/mol. The Hall–Kier alpha value is -3.44. The van der Waals surface area contributed by atoms with Crippen molar-refractivity contribution >= 4 is 17.6 Å². The Kier molecular flexibility index (Phi) is 6.10. The van der Waals surface area contributed by atoms with Gasteiger partial charge in [0.2, 0.25) is 0 Å². The van der Waals surface area contributed by atoms with Crippen LogP contribution in [0.1, 0.15) is 31.8 Å². The standard InChI is InChI=1S/C24H24N2O3/c1-16-4-7-20(24(28)29)14-22(16)18-10-12-21(13-11-18)25-23(27)19-8-5-17(6-9-19)15-26(2)3/h4-14H,15H2,1-3H3,(H,25,27)(H,28,29). The number of benzene rings is 3. The van der Waals surface area contributed by atoms with Crippen LogP contribution in [0.15, 0.2) is 66.7 Å². The minimum Gasteiger partial charge on any atom is -0.478 e. The van der Waals surface area contributed by atoms with Crippen molar-refractivity contribution in [2.24, 2.45) is 0 Å². The number of carboxylic acid groups (broad SMARTS) is 1. The fourth-order valence-corrected chi connectivity index (χ4v) is 3.13. The summed E-state index contributed by atoms with van der Waals surface area (Å²) in [5, 5.41) is 12.1. The van der Waals surface area contributed by atoms with Crippen LogP contribution >= 0.6 is 0 Å². The molecule has 0 radical (unpaired) electrons. The lowest BCUT2D eigenvalue weighted by molar-refractivity contribution is 0.0696. The second-order valence-corrected chi connectivity index (χ2v) is 7.30. The summed E-state index contributed by atoms with van der Waals surface area (Å²) >= 11 is 0. The number of carboxylic acids is 1. The Morgan fingerprint density at radius 3 is 2.10 bits per heavy atom. The van der Waals surface area contributed by atoms with Crippen LogP contribution < -0.4 is 5.32 Å². The normalized spacial score (nSPS) is 10.8. The van der Waals surface area contributed by atoms with Crippen LogP contribution in [-0.2, 0) is 6.54 Å². The molecule has 1 amide bonds. The number of aromatic carboxylic acids is 1. The molecule has 3 rings (SSSR count). The fraction of sp³-hybridized carbons (Fsp3) is 0.167. The zero-order valence-electron chi connectivity index (χ0n) is 16.8. The van der Waals surface area contributed by atoms with E-state index >= 15 is 0 Å². The first-order valence-electron chi connectivity index (χ1n) is 9.33. The van der Waals surface area contributed by atoms with Crippen LogP contribution in [0.25, 0.3) is 11.1 Å². The van der Waals surface area contributed by atoms with Crippen LogP contribution in [0.3, 0.4) is 0 Å². The van der Waals surface area contributed by atoms with Crippen LogP contribution in [0.5, 0.6) is 0 Å². The van der Waals surface area contributed by atoms with Crippen LogP contribution in [0.4, 0.5) is 5.69 Å². The molecule has 0 aliphatic heterocycles. The van der Waals surface area contributed by atoms with Gasteiger partial charge in [-0.3, -0.25) is 4.79 Å². The van der Waals surface area contributed by atoms with Crippen molar-refractivity contribution < 1.29 is 14.7 Å². The van der Waals surface area contributed by atoms with Crippen molar-refractivity contribution in [1.82, 2.24) is 4.90 Å². The summed E-state index contributed by atoms with van der Waals surface area (Å²) in [5.41, 5.74) is 5.43. The number of carbonyl (C=O) groups is 2. The molecule has 3 aromatic rings. The minimum atomic E-state index is -0.952. The molecule has 148 valence electrons. The van der Waals surface area contributed by atoms with Crippen LogP contribution in [-0.4, -0.2) is 36.0 Å². The van der Waals surface area contributed by atoms with Gasteiger partial charge in [0.15, 0.2) is 0 Å². The fourth-order valence-electron chi connectivity index (χ4n) is 3.13. The number of nitrogens with zero attached hydrogens (tertiary/aromatic N) is 1. The maximum absolute atomic E-state index is 12.5. The highest BCUT2D eigenvalue weighted by atomic mass is 16.4. The van der Waals surface area contributed by atoms with Crippen molar-refractivity contribution in [3.05, 3.63) is 89.0 Å². The Labute approximate surface area is 170 Å². The van der Waals surface area contributed by atoms with Gasteiger partial charge in [0.05, 0.1) is 5.56 Å². The maximum Gasteiger partial charge on any atom is 0.335 e. The predicted octanol–water partition coefficient (Wildman–Crippen LogP) is 4.67. The van der Waals surface area contributed by atoms with E-state index in [0.29, 0.717) is 11.3 Å². The molecule has 0 bridgehead atoms. The third kappa shape index (κ3) is 5.09. The summed E-state index contributed by atoms with van der Waals surface area (Å²) < 4.78 is 0. The number of nitrogens with one attached hydrogen (secondary N) is 1. The third-order valence-corrected chi connectivity index (χ3v) is 4.65. The molecule has 0 saturated heterocycles. The van der Waals surface area contributed by atoms with Crippen molar-refractivity contribution in [3.8, 4) is 11.1 Å². The molecular weight excluding hydrogens is 364 g/mol. The Balaban J connectivity index is 1.73. The van der Waals surface area contributed by atoms with E-state index in [-0.39, 0.29) is 11.5 Å². The molecule has 0 fully saturated rings. The smallest absolute Gasteiger partial charge is 0.335 e. The summed E-state index contributed by atoms with van der Waals surface area (Å²) in [7, 11) is 4.01. The largest absolute Gasteiger partial charge is 0.478 e. The molecule has 0 aliphatic rings. The molecule has 0 unspecified atom stereocenters. The molecule has 0 spiro atoms. The SMILES string of the molecule is Cc1ccc(C(=O)O)cc1-c1ccc(NC(=O)c2ccc(CN(C)C)cc2)cc1. The molecule has 0 aromatic heterocycles. The first-order chi connectivity index (χ1) is 13.8. The molecule has 3 aromatic carbocycles. The molecule has 2 N–H and O–H groups in total. The van der Waals surface area contributed by atoms with E-state index in [2.05, 4.69) is 10.2 Å². The highest BCUT2D eigenvalue weighted by Crippen LogP contribution is 2.26. The van der Waals surface area contributed by atoms with E-state index in [4.69, 9.17) is 0 Å². The van der Waals surface area contributed by atoms with Gasteiger partial charge in [0.25, 0.3) is 5.91 Å². The Morgan fingerprint density at radius 1 is 0.897 bits per heavy atom. The van der Waals surface area contributed by atoms with Gasteiger partial charge < -0.3 is 15.3 Å². The summed E-state index contributed by atoms with van der Waals surface area (Å²) in [6.45, 7) is 2.77. The lowest BCUT2D eigenvalue weighted by Gasteiger charge is -2.11. The van der Waals surface area contributed by atoms with Crippen LogP contribution in [0.2, 0.25) is 0 Å². The van der Waals surface area contributed by atoms with Crippen LogP contribution in [0, 0.1) is 6.92 Å². The Morgan fingerprint density at radius 2 is 1.52 bits per heavy atom. The summed E-state index contributed by atoms with van der Waals surface area (Å²) in [6, 6.07) is 20.0. The van der Waals surface area contributed by atoms with Gasteiger partial charge in [0.1, 0.15) is 0 Å². The number of amides is 1. The van der Waals surface area contributed by atoms with Crippen molar-refractivity contribution in [2.45, 2.75) is 13.5 Å². The van der Waals surface area contributed by atoms with E-state index in [1.807, 2.05) is 69.6 Å². The van der Waals surface area contributed by atoms with Crippen molar-refractivity contribution in [1.29, 1.82) is 0 Å². The number of aryl methyl sites for hydroxylation is 1. The summed E-state index contributed by atoms with van der Waals surface area (Å²) in [5.74, 6) is -1.12. The van der Waals surface area contributed by atoms with Crippen molar-refractivity contribution in [3.63, 3.8) is 0 Å². The van der Waals surface area contributed by atoms with Gasteiger partial charge in [-0.1, -0.05) is 30.3 Å². The highest BCUT2D eigenvalue weighted by molar-refractivity contribution is 6.04. The first-order valence-corrected chi connectivity index (χ1v) is 9.33. The molecule has 0 saturated carbocycles. The summed E-state index contributed by atoms with van der Waals surface area (Å²) in [6.07, 6.45) is 0. The number of anilines is 1. The zero-order chi connectivity index (χ0) is 21.0. The third-order valence-electron chi connectivity index (χ3n) is 4.65. The monoisotopic (exact) mass is 388 g/mol. The molecule has 0 aliphatic carbocycles. The van der Waals surface area contributed by atoms with Gasteiger partial charge in [-0.2, -0.15) is 0 Å².